The average Bonchev–Trinajstić information content (AvgIpc) is 2.09. The molecule has 0 aromatic carbocycles. The van der Waals surface area contributed by atoms with Crippen molar-refractivity contribution in [3.05, 3.63) is 0 Å². The number of carbonyl (C=O) groups is 1. The molecule has 1 fully saturated rings. The second kappa shape index (κ2) is 4.94. The van der Waals surface area contributed by atoms with Crippen molar-refractivity contribution < 1.29 is 13.2 Å². The molecule has 1 aliphatic rings. The van der Waals surface area contributed by atoms with E-state index in [0.717, 1.165) is 13.1 Å². The summed E-state index contributed by atoms with van der Waals surface area (Å²) in [7, 11) is -3.16. The number of sulfone groups is 1. The van der Waals surface area contributed by atoms with Gasteiger partial charge in [0.15, 0.2) is 9.84 Å². The molecule has 0 aromatic heterocycles. The van der Waals surface area contributed by atoms with Crippen LogP contribution >= 0.6 is 0 Å². The summed E-state index contributed by atoms with van der Waals surface area (Å²) in [4.78, 5) is 11.8. The molecule has 1 atom stereocenters. The fraction of sp³-hybridized carbons (Fsp3) is 0.909. The van der Waals surface area contributed by atoms with E-state index in [1.165, 1.54) is 6.26 Å². The lowest BCUT2D eigenvalue weighted by molar-refractivity contribution is -0.126. The minimum atomic E-state index is -3.16. The van der Waals surface area contributed by atoms with Gasteiger partial charge in [0.05, 0.1) is 4.75 Å². The fourth-order valence-corrected chi connectivity index (χ4v) is 1.81. The Hall–Kier alpha value is -0.620. The average molecular weight is 262 g/mol. The van der Waals surface area contributed by atoms with E-state index >= 15 is 0 Å². The van der Waals surface area contributed by atoms with Gasteiger partial charge in [-0.2, -0.15) is 0 Å². The highest BCUT2D eigenvalue weighted by atomic mass is 32.2. The summed E-state index contributed by atoms with van der Waals surface area (Å²) < 4.78 is 22.0. The third kappa shape index (κ3) is 3.42. The van der Waals surface area contributed by atoms with Crippen molar-refractivity contribution in [2.75, 3.05) is 25.9 Å². The molecule has 0 aromatic rings. The first-order valence-corrected chi connectivity index (χ1v) is 7.72. The van der Waals surface area contributed by atoms with Crippen LogP contribution in [0.5, 0.6) is 0 Å². The maximum absolute atomic E-state index is 11.8. The first-order valence-electron chi connectivity index (χ1n) is 5.83. The van der Waals surface area contributed by atoms with Crippen molar-refractivity contribution in [2.24, 2.45) is 11.8 Å². The van der Waals surface area contributed by atoms with Gasteiger partial charge in [0.25, 0.3) is 0 Å². The van der Waals surface area contributed by atoms with E-state index < -0.39 is 14.6 Å². The predicted octanol–water partition coefficient (Wildman–Crippen LogP) is -0.219. The lowest BCUT2D eigenvalue weighted by atomic mass is 9.88. The number of nitrogens with one attached hydrogen (secondary N) is 2. The van der Waals surface area contributed by atoms with E-state index in [9.17, 15) is 13.2 Å². The van der Waals surface area contributed by atoms with Crippen LogP contribution in [0.2, 0.25) is 0 Å². The summed E-state index contributed by atoms with van der Waals surface area (Å²) in [5, 5.41) is 5.85. The summed E-state index contributed by atoms with van der Waals surface area (Å²) in [6.45, 7) is 7.02. The second-order valence-electron chi connectivity index (χ2n) is 5.46. The highest BCUT2D eigenvalue weighted by Crippen LogP contribution is 2.17. The molecule has 0 aliphatic carbocycles. The van der Waals surface area contributed by atoms with Crippen molar-refractivity contribution in [2.45, 2.75) is 25.5 Å². The zero-order valence-corrected chi connectivity index (χ0v) is 11.7. The van der Waals surface area contributed by atoms with E-state index in [0.29, 0.717) is 5.92 Å². The van der Waals surface area contributed by atoms with Crippen LogP contribution in [0.4, 0.5) is 0 Å². The molecule has 1 aliphatic heterocycles. The molecule has 1 heterocycles. The predicted molar refractivity (Wildman–Crippen MR) is 67.5 cm³/mol. The number of hydrogen-bond acceptors (Lipinski definition) is 4. The van der Waals surface area contributed by atoms with Gasteiger partial charge in [0.2, 0.25) is 5.91 Å². The summed E-state index contributed by atoms with van der Waals surface area (Å²) in [6.07, 6.45) is 1.19. The quantitative estimate of drug-likeness (QED) is 0.718. The molecule has 0 spiro atoms. The Morgan fingerprint density at radius 1 is 1.47 bits per heavy atom. The van der Waals surface area contributed by atoms with Crippen LogP contribution in [-0.2, 0) is 14.6 Å². The molecule has 17 heavy (non-hydrogen) atoms. The minimum absolute atomic E-state index is 0.0618. The van der Waals surface area contributed by atoms with E-state index in [1.807, 2.05) is 6.92 Å². The Morgan fingerprint density at radius 3 is 2.35 bits per heavy atom. The smallest absolute Gasteiger partial charge is 0.223 e. The summed E-state index contributed by atoms with van der Waals surface area (Å²) in [5.74, 6) is 0.246. The molecule has 1 rings (SSSR count). The maximum Gasteiger partial charge on any atom is 0.223 e. The van der Waals surface area contributed by atoms with Gasteiger partial charge >= 0.3 is 0 Å². The molecular formula is C11H22N2O3S. The Balaban J connectivity index is 2.47. The summed E-state index contributed by atoms with van der Waals surface area (Å²) >= 11 is 0. The van der Waals surface area contributed by atoms with Crippen LogP contribution in [-0.4, -0.2) is 45.0 Å². The Kier molecular flexibility index (Phi) is 4.19. The number of hydrogen-bond donors (Lipinski definition) is 2. The molecule has 1 amide bonds. The fourth-order valence-electron chi connectivity index (χ4n) is 1.47. The van der Waals surface area contributed by atoms with Crippen molar-refractivity contribution >= 4 is 15.7 Å². The van der Waals surface area contributed by atoms with Gasteiger partial charge in [0.1, 0.15) is 0 Å². The number of carbonyl (C=O) groups excluding carboxylic acids is 1. The monoisotopic (exact) mass is 262 g/mol. The molecule has 0 bridgehead atoms. The van der Waals surface area contributed by atoms with E-state index in [1.54, 1.807) is 13.8 Å². The van der Waals surface area contributed by atoms with Crippen LogP contribution in [0, 0.1) is 11.8 Å². The van der Waals surface area contributed by atoms with Crippen LogP contribution in [0.3, 0.4) is 0 Å². The molecule has 0 saturated carbocycles. The summed E-state index contributed by atoms with van der Waals surface area (Å²) in [5.41, 5.74) is 0. The van der Waals surface area contributed by atoms with Crippen molar-refractivity contribution in [3.8, 4) is 0 Å². The summed E-state index contributed by atoms with van der Waals surface area (Å²) in [6, 6.07) is 0. The van der Waals surface area contributed by atoms with Crippen LogP contribution in [0.25, 0.3) is 0 Å². The third-order valence-corrected chi connectivity index (χ3v) is 5.78. The Morgan fingerprint density at radius 2 is 2.00 bits per heavy atom. The van der Waals surface area contributed by atoms with E-state index in [-0.39, 0.29) is 18.4 Å². The number of amides is 1. The van der Waals surface area contributed by atoms with Gasteiger partial charge in [-0.05, 0) is 32.9 Å². The van der Waals surface area contributed by atoms with Crippen molar-refractivity contribution in [1.82, 2.24) is 10.6 Å². The minimum Gasteiger partial charge on any atom is -0.354 e. The van der Waals surface area contributed by atoms with Gasteiger partial charge < -0.3 is 10.6 Å². The number of rotatable bonds is 5. The van der Waals surface area contributed by atoms with E-state index in [2.05, 4.69) is 10.6 Å². The molecular weight excluding hydrogens is 240 g/mol. The third-order valence-electron chi connectivity index (χ3n) is 3.63. The SMILES string of the molecule is CC(C(=O)NCC(C)(C)S(C)(=O)=O)C1CNC1. The highest BCUT2D eigenvalue weighted by molar-refractivity contribution is 7.92. The van der Waals surface area contributed by atoms with Crippen molar-refractivity contribution in [3.63, 3.8) is 0 Å². The largest absolute Gasteiger partial charge is 0.354 e. The maximum atomic E-state index is 11.8. The molecule has 100 valence electrons. The molecule has 0 radical (unpaired) electrons. The Bertz CT molecular complexity index is 386. The van der Waals surface area contributed by atoms with Gasteiger partial charge in [0, 0.05) is 18.7 Å². The van der Waals surface area contributed by atoms with Crippen molar-refractivity contribution in [1.29, 1.82) is 0 Å². The first-order chi connectivity index (χ1) is 7.65. The zero-order valence-electron chi connectivity index (χ0n) is 10.9. The highest BCUT2D eigenvalue weighted by Gasteiger charge is 2.33. The molecule has 6 heteroatoms. The van der Waals surface area contributed by atoms with Gasteiger partial charge in [-0.3, -0.25) is 4.79 Å². The second-order valence-corrected chi connectivity index (χ2v) is 8.11. The van der Waals surface area contributed by atoms with Gasteiger partial charge in [-0.1, -0.05) is 6.92 Å². The van der Waals surface area contributed by atoms with Crippen LogP contribution in [0.15, 0.2) is 0 Å². The first kappa shape index (κ1) is 14.4. The molecule has 1 saturated heterocycles. The molecule has 1 unspecified atom stereocenters. The topological polar surface area (TPSA) is 75.3 Å². The lowest BCUT2D eigenvalue weighted by Gasteiger charge is -2.32. The van der Waals surface area contributed by atoms with Gasteiger partial charge in [-0.25, -0.2) is 8.42 Å². The zero-order chi connectivity index (χ0) is 13.3. The standard InChI is InChI=1S/C11H22N2O3S/c1-8(9-5-12-6-9)10(14)13-7-11(2,3)17(4,15)16/h8-9,12H,5-7H2,1-4H3,(H,13,14). The molecule has 2 N–H and O–H groups in total. The lowest BCUT2D eigenvalue weighted by Crippen LogP contribution is -2.51. The Labute approximate surface area is 103 Å². The van der Waals surface area contributed by atoms with Crippen LogP contribution < -0.4 is 10.6 Å². The van der Waals surface area contributed by atoms with Gasteiger partial charge in [-0.15, -0.1) is 0 Å². The molecule has 5 nitrogen and oxygen atoms in total. The van der Waals surface area contributed by atoms with Crippen LogP contribution in [0.1, 0.15) is 20.8 Å². The normalized spacial score (nSPS) is 19.5. The van der Waals surface area contributed by atoms with E-state index in [4.69, 9.17) is 0 Å².